The average molecular weight is 369 g/mol. The van der Waals surface area contributed by atoms with Crippen molar-refractivity contribution in [2.75, 3.05) is 7.11 Å². The molecule has 0 atom stereocenters. The number of rotatable bonds is 5. The van der Waals surface area contributed by atoms with Gasteiger partial charge >= 0.3 is 0 Å². The second-order valence-electron chi connectivity index (χ2n) is 5.14. The molecule has 0 saturated heterocycles. The third-order valence-electron chi connectivity index (χ3n) is 3.34. The number of halogens is 3. The highest BCUT2D eigenvalue weighted by Gasteiger charge is 2.23. The van der Waals surface area contributed by atoms with Crippen LogP contribution in [0.4, 0.5) is 8.78 Å². The van der Waals surface area contributed by atoms with Crippen molar-refractivity contribution in [3.63, 3.8) is 0 Å². The summed E-state index contributed by atoms with van der Waals surface area (Å²) in [6, 6.07) is 11.1. The molecule has 0 aliphatic rings. The van der Waals surface area contributed by atoms with E-state index >= 15 is 0 Å². The zero-order chi connectivity index (χ0) is 19.0. The van der Waals surface area contributed by atoms with Gasteiger partial charge < -0.3 is 10.5 Å². The van der Waals surface area contributed by atoms with Gasteiger partial charge in [-0.25, -0.2) is 8.78 Å². The molecule has 25 heavy (non-hydrogen) atoms. The largest absolute Gasteiger partial charge is 0.495 e. The van der Waals surface area contributed by atoms with Gasteiger partial charge in [0.1, 0.15) is 11.6 Å². The fraction of sp³-hybridized carbons (Fsp3) is 0.316. The van der Waals surface area contributed by atoms with Gasteiger partial charge in [0.2, 0.25) is 0 Å². The van der Waals surface area contributed by atoms with Crippen molar-refractivity contribution in [3.05, 3.63) is 64.2 Å². The van der Waals surface area contributed by atoms with Gasteiger partial charge in [-0.05, 0) is 23.8 Å². The number of aliphatic imine (C=N–C) groups is 1. The molecule has 2 aromatic rings. The van der Waals surface area contributed by atoms with Crippen molar-refractivity contribution in [2.45, 2.75) is 33.2 Å². The van der Waals surface area contributed by atoms with Gasteiger partial charge in [0.05, 0.1) is 18.7 Å². The number of ether oxygens (including phenoxy) is 1. The summed E-state index contributed by atoms with van der Waals surface area (Å²) in [5, 5.41) is 0.442. The summed E-state index contributed by atoms with van der Waals surface area (Å²) in [5.74, 6) is -1.97. The smallest absolute Gasteiger partial charge is 0.270 e. The van der Waals surface area contributed by atoms with Crippen molar-refractivity contribution < 1.29 is 13.5 Å². The van der Waals surface area contributed by atoms with Gasteiger partial charge in [0.15, 0.2) is 0 Å². The van der Waals surface area contributed by atoms with Crippen molar-refractivity contribution in [2.24, 2.45) is 10.7 Å². The Bertz CT molecular complexity index is 710. The van der Waals surface area contributed by atoms with Crippen LogP contribution < -0.4 is 10.5 Å². The third kappa shape index (κ3) is 6.02. The molecule has 0 fully saturated rings. The monoisotopic (exact) mass is 368 g/mol. The van der Waals surface area contributed by atoms with E-state index in [1.807, 2.05) is 13.8 Å². The van der Waals surface area contributed by atoms with E-state index in [-0.39, 0.29) is 5.56 Å². The first-order valence-corrected chi connectivity index (χ1v) is 8.30. The molecule has 0 heterocycles. The fourth-order valence-electron chi connectivity index (χ4n) is 2.00. The van der Waals surface area contributed by atoms with E-state index in [1.54, 1.807) is 30.3 Å². The van der Waals surface area contributed by atoms with Gasteiger partial charge in [-0.2, -0.15) is 0 Å². The van der Waals surface area contributed by atoms with Gasteiger partial charge in [-0.3, -0.25) is 4.99 Å². The quantitative estimate of drug-likeness (QED) is 0.568. The van der Waals surface area contributed by atoms with Gasteiger partial charge in [-0.15, -0.1) is 0 Å². The fourth-order valence-corrected chi connectivity index (χ4v) is 2.25. The zero-order valence-electron chi connectivity index (χ0n) is 14.8. The lowest BCUT2D eigenvalue weighted by Crippen LogP contribution is -2.13. The molecule has 6 heteroatoms. The summed E-state index contributed by atoms with van der Waals surface area (Å²) in [7, 11) is 1.53. The normalized spacial score (nSPS) is 11.6. The molecule has 0 spiro atoms. The molecule has 2 rings (SSSR count). The summed E-state index contributed by atoms with van der Waals surface area (Å²) in [4.78, 5) is 4.26. The molecule has 0 saturated carbocycles. The molecular formula is C19H23ClF2N2O. The summed E-state index contributed by atoms with van der Waals surface area (Å²) in [5.41, 5.74) is 7.37. The van der Waals surface area contributed by atoms with Crippen molar-refractivity contribution in [1.82, 2.24) is 0 Å². The van der Waals surface area contributed by atoms with Crippen LogP contribution in [-0.4, -0.2) is 12.9 Å². The Morgan fingerprint density at radius 2 is 1.76 bits per heavy atom. The number of hydrogen-bond acceptors (Lipinski definition) is 2. The first-order valence-electron chi connectivity index (χ1n) is 7.92. The molecule has 0 aliphatic heterocycles. The molecular weight excluding hydrogens is 346 g/mol. The van der Waals surface area contributed by atoms with Crippen LogP contribution in [0.15, 0.2) is 47.5 Å². The second-order valence-corrected chi connectivity index (χ2v) is 5.54. The van der Waals surface area contributed by atoms with Crippen LogP contribution in [0, 0.1) is 0 Å². The van der Waals surface area contributed by atoms with E-state index in [2.05, 4.69) is 4.99 Å². The minimum Gasteiger partial charge on any atom is -0.495 e. The number of hydrogen-bond donors (Lipinski definition) is 1. The Morgan fingerprint density at radius 3 is 2.24 bits per heavy atom. The number of methoxy groups -OCH3 is 1. The maximum absolute atomic E-state index is 13.2. The van der Waals surface area contributed by atoms with E-state index in [9.17, 15) is 8.78 Å². The lowest BCUT2D eigenvalue weighted by Gasteiger charge is -2.10. The molecule has 2 aromatic carbocycles. The lowest BCUT2D eigenvalue weighted by molar-refractivity contribution is 0.0174. The van der Waals surface area contributed by atoms with Crippen LogP contribution in [0.25, 0.3) is 0 Å². The Balaban J connectivity index is 0.00000151. The van der Waals surface area contributed by atoms with E-state index in [1.165, 1.54) is 19.2 Å². The standard InChI is InChI=1S/C17H17ClF2N2O.C2H6/c1-17(19,20)13-6-3-11(4-7-13)10-22-16(21)12-5-8-15(23-2)14(18)9-12;1-2/h3-9H,10H2,1-2H3,(H2,21,22);1-2H3. The van der Waals surface area contributed by atoms with Crippen LogP contribution in [0.2, 0.25) is 5.02 Å². The minimum atomic E-state index is -2.85. The Labute approximate surface area is 152 Å². The van der Waals surface area contributed by atoms with Crippen molar-refractivity contribution >= 4 is 17.4 Å². The van der Waals surface area contributed by atoms with E-state index in [4.69, 9.17) is 22.1 Å². The van der Waals surface area contributed by atoms with Gasteiger partial charge in [-0.1, -0.05) is 49.7 Å². The molecule has 0 bridgehead atoms. The highest BCUT2D eigenvalue weighted by Crippen LogP contribution is 2.27. The van der Waals surface area contributed by atoms with E-state index in [0.29, 0.717) is 28.7 Å². The summed E-state index contributed by atoms with van der Waals surface area (Å²) >= 11 is 6.04. The first-order chi connectivity index (χ1) is 11.8. The molecule has 0 amide bonds. The molecule has 0 unspecified atom stereocenters. The number of amidine groups is 1. The predicted molar refractivity (Wildman–Crippen MR) is 99.8 cm³/mol. The zero-order valence-corrected chi connectivity index (χ0v) is 15.6. The number of benzene rings is 2. The SMILES string of the molecule is CC.COc1ccc(C(N)=NCc2ccc(C(C)(F)F)cc2)cc1Cl. The Morgan fingerprint density at radius 1 is 1.16 bits per heavy atom. The predicted octanol–water partition coefficient (Wildman–Crippen LogP) is 5.39. The Hall–Kier alpha value is -2.14. The maximum atomic E-state index is 13.2. The van der Waals surface area contributed by atoms with Gasteiger partial charge in [0.25, 0.3) is 5.92 Å². The average Bonchev–Trinajstić information content (AvgIpc) is 2.61. The van der Waals surface area contributed by atoms with E-state index < -0.39 is 5.92 Å². The third-order valence-corrected chi connectivity index (χ3v) is 3.64. The number of alkyl halides is 2. The second kappa shape index (κ2) is 9.37. The van der Waals surface area contributed by atoms with Crippen LogP contribution in [0.3, 0.4) is 0 Å². The molecule has 0 aliphatic carbocycles. The van der Waals surface area contributed by atoms with Crippen LogP contribution in [0.1, 0.15) is 37.5 Å². The number of nitrogens with two attached hydrogens (primary N) is 1. The summed E-state index contributed by atoms with van der Waals surface area (Å²) in [6.07, 6.45) is 0. The highest BCUT2D eigenvalue weighted by molar-refractivity contribution is 6.32. The maximum Gasteiger partial charge on any atom is 0.270 e. The van der Waals surface area contributed by atoms with Crippen molar-refractivity contribution in [3.8, 4) is 5.75 Å². The van der Waals surface area contributed by atoms with E-state index in [0.717, 1.165) is 12.5 Å². The van der Waals surface area contributed by atoms with Crippen LogP contribution in [-0.2, 0) is 12.5 Å². The summed E-state index contributed by atoms with van der Waals surface area (Å²) in [6.45, 7) is 5.16. The van der Waals surface area contributed by atoms with Crippen LogP contribution in [0.5, 0.6) is 5.75 Å². The minimum absolute atomic E-state index is 0.0277. The molecule has 2 N–H and O–H groups in total. The Kier molecular flexibility index (Phi) is 7.84. The molecule has 136 valence electrons. The number of nitrogens with zero attached hydrogens (tertiary/aromatic N) is 1. The molecule has 0 radical (unpaired) electrons. The van der Waals surface area contributed by atoms with Gasteiger partial charge in [0, 0.05) is 18.1 Å². The first kappa shape index (κ1) is 20.9. The van der Waals surface area contributed by atoms with Crippen molar-refractivity contribution in [1.29, 1.82) is 0 Å². The molecule has 3 nitrogen and oxygen atoms in total. The lowest BCUT2D eigenvalue weighted by atomic mass is 10.1. The van der Waals surface area contributed by atoms with Crippen LogP contribution >= 0.6 is 11.6 Å². The molecule has 0 aromatic heterocycles. The summed E-state index contributed by atoms with van der Waals surface area (Å²) < 4.78 is 31.4. The topological polar surface area (TPSA) is 47.6 Å². The highest BCUT2D eigenvalue weighted by atomic mass is 35.5.